The Morgan fingerprint density at radius 3 is 1.10 bits per heavy atom. The van der Waals surface area contributed by atoms with Crippen LogP contribution in [0, 0.1) is 0 Å². The lowest BCUT2D eigenvalue weighted by Crippen LogP contribution is -2.24. The topological polar surface area (TPSA) is 71.9 Å². The summed E-state index contributed by atoms with van der Waals surface area (Å²) in [5.74, 6) is 2.63. The molecule has 0 saturated carbocycles. The van der Waals surface area contributed by atoms with Crippen LogP contribution < -0.4 is 5.32 Å². The lowest BCUT2D eigenvalue weighted by Gasteiger charge is -2.18. The molecule has 7 nitrogen and oxygen atoms in total. The van der Waals surface area contributed by atoms with E-state index in [1.165, 1.54) is 60.3 Å². The molecule has 0 amide bonds. The maximum Gasteiger partial charge on any atom is 0.164 e. The predicted molar refractivity (Wildman–Crippen MR) is 390 cm³/mol. The highest BCUT2D eigenvalue weighted by atomic mass is 15.0. The largest absolute Gasteiger partial charge is 0.339 e. The van der Waals surface area contributed by atoms with E-state index in [1.807, 2.05) is 36.4 Å². The molecule has 5 aromatic heterocycles. The molecule has 438 valence electrons. The number of allylic oxidation sites excluding steroid dienone is 2. The van der Waals surface area contributed by atoms with Gasteiger partial charge < -0.3 is 14.1 Å². The number of aromatic nitrogens is 5. The molecule has 1 aliphatic heterocycles. The Morgan fingerprint density at radius 2 is 0.596 bits per heavy atom. The van der Waals surface area contributed by atoms with Gasteiger partial charge in [0, 0.05) is 71.0 Å². The second kappa shape index (κ2) is 21.6. The van der Waals surface area contributed by atoms with E-state index in [9.17, 15) is 0 Å². The first-order chi connectivity index (χ1) is 46.6. The lowest BCUT2D eigenvalue weighted by atomic mass is 9.92. The number of amidine groups is 1. The smallest absolute Gasteiger partial charge is 0.164 e. The van der Waals surface area contributed by atoms with Gasteiger partial charge in [0.25, 0.3) is 0 Å². The quantitative estimate of drug-likeness (QED) is 0.148. The van der Waals surface area contributed by atoms with Crippen LogP contribution >= 0.6 is 0 Å². The molecule has 6 heterocycles. The van der Waals surface area contributed by atoms with Gasteiger partial charge in [0.2, 0.25) is 0 Å². The third-order valence-corrected chi connectivity index (χ3v) is 19.0. The van der Waals surface area contributed by atoms with Gasteiger partial charge >= 0.3 is 0 Å². The molecular formula is C87H55N7. The number of hydrogen-bond acceptors (Lipinski definition) is 5. The van der Waals surface area contributed by atoms with Crippen LogP contribution in [0.5, 0.6) is 0 Å². The predicted octanol–water partition coefficient (Wildman–Crippen LogP) is 21.7. The van der Waals surface area contributed by atoms with Crippen LogP contribution in [-0.2, 0) is 0 Å². The van der Waals surface area contributed by atoms with E-state index < -0.39 is 0 Å². The lowest BCUT2D eigenvalue weighted by molar-refractivity contribution is 1.07. The maximum atomic E-state index is 5.49. The molecule has 0 bridgehead atoms. The van der Waals surface area contributed by atoms with Crippen molar-refractivity contribution in [3.63, 3.8) is 0 Å². The molecule has 13 aromatic carbocycles. The fourth-order valence-electron chi connectivity index (χ4n) is 14.6. The number of fused-ring (bicyclic) bond motifs is 12. The van der Waals surface area contributed by atoms with Crippen LogP contribution in [0.3, 0.4) is 0 Å². The van der Waals surface area contributed by atoms with Gasteiger partial charge in [0.1, 0.15) is 5.84 Å². The van der Waals surface area contributed by atoms with E-state index >= 15 is 0 Å². The molecule has 0 fully saturated rings. The zero-order chi connectivity index (χ0) is 61.8. The van der Waals surface area contributed by atoms with Gasteiger partial charge in [-0.05, 0) is 141 Å². The Hall–Kier alpha value is -12.6. The molecule has 7 heteroatoms. The molecule has 18 aromatic rings. The van der Waals surface area contributed by atoms with Crippen LogP contribution in [0.15, 0.2) is 320 Å². The van der Waals surface area contributed by atoms with E-state index in [0.29, 0.717) is 23.9 Å². The van der Waals surface area contributed by atoms with Crippen LogP contribution in [0.4, 0.5) is 0 Å². The van der Waals surface area contributed by atoms with Crippen molar-refractivity contribution in [2.45, 2.75) is 6.42 Å². The van der Waals surface area contributed by atoms with E-state index in [-0.39, 0.29) is 0 Å². The number of nitrogens with zero attached hydrogens (tertiary/aromatic N) is 6. The van der Waals surface area contributed by atoms with Crippen molar-refractivity contribution >= 4 is 93.4 Å². The Labute approximate surface area is 541 Å². The molecule has 1 aliphatic rings. The molecule has 0 saturated heterocycles. The van der Waals surface area contributed by atoms with Crippen LogP contribution in [-0.4, -0.2) is 29.6 Å². The molecule has 1 N–H and O–H groups in total. The Morgan fingerprint density at radius 1 is 0.245 bits per heavy atom. The summed E-state index contributed by atoms with van der Waals surface area (Å²) in [6.07, 6.45) is 5.27. The Balaban J connectivity index is 0.759. The van der Waals surface area contributed by atoms with Crippen molar-refractivity contribution in [2.24, 2.45) is 4.99 Å². The summed E-state index contributed by atoms with van der Waals surface area (Å²) in [5.41, 5.74) is 24.2. The number of benzene rings is 13. The van der Waals surface area contributed by atoms with Crippen molar-refractivity contribution in [3.05, 3.63) is 332 Å². The first-order valence-corrected chi connectivity index (χ1v) is 32.1. The van der Waals surface area contributed by atoms with E-state index in [4.69, 9.17) is 19.9 Å². The molecule has 0 radical (unpaired) electrons. The van der Waals surface area contributed by atoms with E-state index in [1.54, 1.807) is 0 Å². The van der Waals surface area contributed by atoms with Gasteiger partial charge in [0.05, 0.1) is 38.8 Å². The minimum absolute atomic E-state index is 0.609. The average Bonchev–Trinajstić information content (AvgIpc) is 1.55. The third kappa shape index (κ3) is 8.81. The number of nitrogens with one attached hydrogen (secondary N) is 1. The zero-order valence-corrected chi connectivity index (χ0v) is 50.9. The standard InChI is InChI=1S/C87H55N7/c1-6-21-54(22-7-1)63-45-64(55-23-8-2-9-24-55)47-65(46-63)62-42-44-81-71(49-62)75-53-67(87-91-85(58-27-12-4-13-28-58)90-86(92-87)59-29-14-5-15-30-59)52-74-70-48-61(41-43-80(70)94(81)83(74)75)56-37-39-60(40-38-56)84-88-76(57-25-10-3-11-26-57)33-20-34-77(89-84)66-50-72-68-31-16-18-35-78(68)93-79-36-19-17-32-69(79)73(51-66)82(72)93/h1-19,21-53H,20H2,(H,88,89). The summed E-state index contributed by atoms with van der Waals surface area (Å²) in [7, 11) is 0. The van der Waals surface area contributed by atoms with E-state index in [0.717, 1.165) is 111 Å². The molecule has 0 aliphatic carbocycles. The van der Waals surface area contributed by atoms with Gasteiger partial charge in [-0.2, -0.15) is 0 Å². The Bertz CT molecular complexity index is 5910. The van der Waals surface area contributed by atoms with Gasteiger partial charge in [-0.1, -0.05) is 237 Å². The molecule has 19 rings (SSSR count). The van der Waals surface area contributed by atoms with Gasteiger partial charge in [-0.25, -0.2) is 19.9 Å². The monoisotopic (exact) mass is 1200 g/mol. The number of aliphatic imine (C=N–C) groups is 1. The minimum atomic E-state index is 0.609. The van der Waals surface area contributed by atoms with E-state index in [2.05, 4.69) is 293 Å². The second-order valence-electron chi connectivity index (χ2n) is 24.5. The number of rotatable bonds is 10. The summed E-state index contributed by atoms with van der Waals surface area (Å²) in [6, 6.07) is 109. The highest BCUT2D eigenvalue weighted by Gasteiger charge is 2.25. The van der Waals surface area contributed by atoms with Crippen LogP contribution in [0.1, 0.15) is 23.1 Å². The van der Waals surface area contributed by atoms with Crippen molar-refractivity contribution in [2.75, 3.05) is 0 Å². The highest BCUT2D eigenvalue weighted by Crippen LogP contribution is 2.46. The van der Waals surface area contributed by atoms with Crippen LogP contribution in [0.2, 0.25) is 0 Å². The van der Waals surface area contributed by atoms with Crippen molar-refractivity contribution in [1.29, 1.82) is 0 Å². The molecular weight excluding hydrogens is 1140 g/mol. The fraction of sp³-hybridized carbons (Fsp3) is 0.0115. The molecule has 0 atom stereocenters. The summed E-state index contributed by atoms with van der Waals surface area (Å²) >= 11 is 0. The SMILES string of the molecule is C1=C(c2ccccc2)N=C(c2ccc(-c3ccc4c(c3)c3cc(-c5nc(-c6ccccc6)nc(-c6ccccc6)n5)cc5c6cc(-c7cc(-c8ccccc8)cc(-c8ccccc8)c7)ccc6n4c35)cc2)NC(c2cc3c4ccccc4n4c5ccccc5c(c2)c34)=CC1. The second-order valence-corrected chi connectivity index (χ2v) is 24.5. The minimum Gasteiger partial charge on any atom is -0.339 e. The van der Waals surface area contributed by atoms with Gasteiger partial charge in [0.15, 0.2) is 17.5 Å². The maximum absolute atomic E-state index is 5.49. The summed E-state index contributed by atoms with van der Waals surface area (Å²) in [5, 5.41) is 13.4. The van der Waals surface area contributed by atoms with Crippen LogP contribution in [0.25, 0.3) is 166 Å². The van der Waals surface area contributed by atoms with Crippen molar-refractivity contribution < 1.29 is 0 Å². The summed E-state index contributed by atoms with van der Waals surface area (Å²) in [4.78, 5) is 21.2. The average molecular weight is 1200 g/mol. The number of para-hydroxylation sites is 2. The van der Waals surface area contributed by atoms with Gasteiger partial charge in [-0.15, -0.1) is 0 Å². The zero-order valence-electron chi connectivity index (χ0n) is 50.9. The summed E-state index contributed by atoms with van der Waals surface area (Å²) < 4.78 is 4.90. The molecule has 0 unspecified atom stereocenters. The first kappa shape index (κ1) is 53.3. The number of hydrogen-bond donors (Lipinski definition) is 1. The Kier molecular flexibility index (Phi) is 12.2. The first-order valence-electron chi connectivity index (χ1n) is 32.1. The molecule has 94 heavy (non-hydrogen) atoms. The van der Waals surface area contributed by atoms with Crippen molar-refractivity contribution in [3.8, 4) is 78.7 Å². The third-order valence-electron chi connectivity index (χ3n) is 19.0. The van der Waals surface area contributed by atoms with Gasteiger partial charge in [-0.3, -0.25) is 0 Å². The summed E-state index contributed by atoms with van der Waals surface area (Å²) in [6.45, 7) is 0. The molecule has 0 spiro atoms. The normalized spacial score (nSPS) is 12.9. The van der Waals surface area contributed by atoms with Crippen molar-refractivity contribution in [1.82, 2.24) is 29.1 Å². The highest BCUT2D eigenvalue weighted by molar-refractivity contribution is 6.26. The fourth-order valence-corrected chi connectivity index (χ4v) is 14.6.